The summed E-state index contributed by atoms with van der Waals surface area (Å²) in [5, 5.41) is 0. The highest BCUT2D eigenvalue weighted by Gasteiger charge is 2.20. The number of hydrogen-bond donors (Lipinski definition) is 0. The number of aromatic nitrogens is 1. The van der Waals surface area contributed by atoms with Crippen LogP contribution in [0.25, 0.3) is 0 Å². The average Bonchev–Trinajstić information content (AvgIpc) is 2.86. The number of amides is 1. The van der Waals surface area contributed by atoms with Gasteiger partial charge >= 0.3 is 5.97 Å². The van der Waals surface area contributed by atoms with Crippen LogP contribution < -0.4 is 9.47 Å². The molecular weight excluding hydrogens is 420 g/mol. The molecular formula is C26H28N2O5. The Morgan fingerprint density at radius 3 is 2.45 bits per heavy atom. The number of hydrogen-bond acceptors (Lipinski definition) is 6. The summed E-state index contributed by atoms with van der Waals surface area (Å²) in [6, 6.07) is 18.6. The Kier molecular flexibility index (Phi) is 8.82. The molecule has 0 aliphatic carbocycles. The van der Waals surface area contributed by atoms with Gasteiger partial charge in [0.05, 0.1) is 20.1 Å². The van der Waals surface area contributed by atoms with Crippen LogP contribution in [0.5, 0.6) is 11.5 Å². The van der Waals surface area contributed by atoms with Crippen molar-refractivity contribution in [3.63, 3.8) is 0 Å². The lowest BCUT2D eigenvalue weighted by molar-refractivity contribution is -0.143. The lowest BCUT2D eigenvalue weighted by Crippen LogP contribution is -2.33. The summed E-state index contributed by atoms with van der Waals surface area (Å²) in [7, 11) is 1.53. The van der Waals surface area contributed by atoms with Crippen LogP contribution >= 0.6 is 0 Å². The molecule has 0 saturated heterocycles. The minimum atomic E-state index is -0.344. The first-order valence-electron chi connectivity index (χ1n) is 10.8. The molecule has 2 aromatic carbocycles. The summed E-state index contributed by atoms with van der Waals surface area (Å²) in [6.45, 7) is 2.99. The van der Waals surface area contributed by atoms with Crippen molar-refractivity contribution in [2.24, 2.45) is 0 Å². The Labute approximate surface area is 193 Å². The second-order valence-electron chi connectivity index (χ2n) is 7.28. The molecule has 0 bridgehead atoms. The third kappa shape index (κ3) is 7.07. The predicted octanol–water partition coefficient (Wildman–Crippen LogP) is 4.26. The first-order chi connectivity index (χ1) is 16.1. The van der Waals surface area contributed by atoms with Crippen LogP contribution in [-0.2, 0) is 22.7 Å². The Morgan fingerprint density at radius 2 is 1.76 bits per heavy atom. The van der Waals surface area contributed by atoms with Gasteiger partial charge in [-0.1, -0.05) is 36.4 Å². The molecule has 0 radical (unpaired) electrons. The summed E-state index contributed by atoms with van der Waals surface area (Å²) in [5.41, 5.74) is 2.33. The first-order valence-corrected chi connectivity index (χ1v) is 10.8. The number of nitrogens with zero attached hydrogens (tertiary/aromatic N) is 2. The number of pyridine rings is 1. The van der Waals surface area contributed by atoms with E-state index in [0.29, 0.717) is 36.8 Å². The number of methoxy groups -OCH3 is 1. The largest absolute Gasteiger partial charge is 0.493 e. The van der Waals surface area contributed by atoms with Crippen molar-refractivity contribution in [2.75, 3.05) is 20.3 Å². The van der Waals surface area contributed by atoms with Gasteiger partial charge in [-0.15, -0.1) is 0 Å². The Morgan fingerprint density at radius 1 is 0.970 bits per heavy atom. The van der Waals surface area contributed by atoms with Gasteiger partial charge in [0.25, 0.3) is 5.91 Å². The smallest absolute Gasteiger partial charge is 0.307 e. The van der Waals surface area contributed by atoms with Crippen LogP contribution in [0.15, 0.2) is 73.1 Å². The topological polar surface area (TPSA) is 78.0 Å². The zero-order valence-corrected chi connectivity index (χ0v) is 18.9. The van der Waals surface area contributed by atoms with Crippen LogP contribution in [0.2, 0.25) is 0 Å². The van der Waals surface area contributed by atoms with Crippen LogP contribution in [0.3, 0.4) is 0 Å². The second-order valence-corrected chi connectivity index (χ2v) is 7.28. The predicted molar refractivity (Wildman–Crippen MR) is 124 cm³/mol. The van der Waals surface area contributed by atoms with E-state index in [-0.39, 0.29) is 24.8 Å². The van der Waals surface area contributed by atoms with Crippen molar-refractivity contribution < 1.29 is 23.8 Å². The van der Waals surface area contributed by atoms with E-state index in [1.54, 1.807) is 42.4 Å². The van der Waals surface area contributed by atoms with Crippen molar-refractivity contribution in [2.45, 2.75) is 26.5 Å². The summed E-state index contributed by atoms with van der Waals surface area (Å²) in [5.74, 6) is 0.437. The van der Waals surface area contributed by atoms with Crippen molar-refractivity contribution in [1.29, 1.82) is 0 Å². The van der Waals surface area contributed by atoms with E-state index in [1.165, 1.54) is 7.11 Å². The van der Waals surface area contributed by atoms with Gasteiger partial charge in [-0.25, -0.2) is 0 Å². The van der Waals surface area contributed by atoms with E-state index >= 15 is 0 Å². The standard InChI is InChI=1S/C26H28N2O5/c1-3-32-25(29)13-15-28(18-21-10-7-14-27-17-21)26(30)22-11-12-23(24(16-22)31-2)33-19-20-8-5-4-6-9-20/h4-12,14,16-17H,3,13,15,18-19H2,1-2H3. The maximum atomic E-state index is 13.3. The fourth-order valence-corrected chi connectivity index (χ4v) is 3.26. The molecule has 0 aliphatic rings. The van der Waals surface area contributed by atoms with Gasteiger partial charge in [0, 0.05) is 31.0 Å². The van der Waals surface area contributed by atoms with Crippen LogP contribution in [0.1, 0.15) is 34.8 Å². The summed E-state index contributed by atoms with van der Waals surface area (Å²) < 4.78 is 16.4. The molecule has 7 nitrogen and oxygen atoms in total. The van der Waals surface area contributed by atoms with E-state index in [9.17, 15) is 9.59 Å². The van der Waals surface area contributed by atoms with Gasteiger partial charge in [0.2, 0.25) is 0 Å². The highest BCUT2D eigenvalue weighted by Crippen LogP contribution is 2.29. The molecule has 0 unspecified atom stereocenters. The monoisotopic (exact) mass is 448 g/mol. The lowest BCUT2D eigenvalue weighted by Gasteiger charge is -2.23. The van der Waals surface area contributed by atoms with Crippen molar-refractivity contribution >= 4 is 11.9 Å². The summed E-state index contributed by atoms with van der Waals surface area (Å²) >= 11 is 0. The molecule has 1 heterocycles. The number of carbonyl (C=O) groups is 2. The van der Waals surface area contributed by atoms with Crippen LogP contribution in [0, 0.1) is 0 Å². The molecule has 0 fully saturated rings. The SMILES string of the molecule is CCOC(=O)CCN(Cc1cccnc1)C(=O)c1ccc(OCc2ccccc2)c(OC)c1. The zero-order valence-electron chi connectivity index (χ0n) is 18.9. The Bertz CT molecular complexity index is 1040. The molecule has 1 aromatic heterocycles. The molecule has 1 amide bonds. The molecule has 172 valence electrons. The molecule has 0 N–H and O–H groups in total. The quantitative estimate of drug-likeness (QED) is 0.408. The zero-order chi connectivity index (χ0) is 23.5. The molecule has 33 heavy (non-hydrogen) atoms. The van der Waals surface area contributed by atoms with Gasteiger partial charge < -0.3 is 19.1 Å². The minimum absolute atomic E-state index is 0.106. The van der Waals surface area contributed by atoms with Gasteiger partial charge in [-0.2, -0.15) is 0 Å². The molecule has 0 spiro atoms. The van der Waals surface area contributed by atoms with Gasteiger partial charge in [-0.05, 0) is 42.3 Å². The molecule has 3 aromatic rings. The van der Waals surface area contributed by atoms with E-state index in [1.807, 2.05) is 42.5 Å². The third-order valence-electron chi connectivity index (χ3n) is 4.92. The Balaban J connectivity index is 1.76. The van der Waals surface area contributed by atoms with E-state index in [2.05, 4.69) is 4.98 Å². The normalized spacial score (nSPS) is 10.4. The number of benzene rings is 2. The number of ether oxygens (including phenoxy) is 3. The highest BCUT2D eigenvalue weighted by molar-refractivity contribution is 5.95. The maximum Gasteiger partial charge on any atom is 0.307 e. The molecule has 0 atom stereocenters. The van der Waals surface area contributed by atoms with Gasteiger partial charge in [0.15, 0.2) is 11.5 Å². The Hall–Kier alpha value is -3.87. The number of esters is 1. The van der Waals surface area contributed by atoms with Crippen molar-refractivity contribution in [1.82, 2.24) is 9.88 Å². The van der Waals surface area contributed by atoms with Gasteiger partial charge in [-0.3, -0.25) is 14.6 Å². The fourth-order valence-electron chi connectivity index (χ4n) is 3.26. The molecule has 7 heteroatoms. The first kappa shape index (κ1) is 23.8. The van der Waals surface area contributed by atoms with Crippen molar-refractivity contribution in [3.8, 4) is 11.5 Å². The molecule has 3 rings (SSSR count). The number of rotatable bonds is 11. The molecule has 0 saturated carbocycles. The average molecular weight is 449 g/mol. The van der Waals surface area contributed by atoms with Crippen LogP contribution in [-0.4, -0.2) is 42.0 Å². The van der Waals surface area contributed by atoms with Crippen molar-refractivity contribution in [3.05, 3.63) is 89.7 Å². The second kappa shape index (κ2) is 12.2. The minimum Gasteiger partial charge on any atom is -0.493 e. The lowest BCUT2D eigenvalue weighted by atomic mass is 10.1. The van der Waals surface area contributed by atoms with E-state index < -0.39 is 0 Å². The maximum absolute atomic E-state index is 13.3. The number of carbonyl (C=O) groups excluding carboxylic acids is 2. The summed E-state index contributed by atoms with van der Waals surface area (Å²) in [4.78, 5) is 30.9. The molecule has 0 aliphatic heterocycles. The third-order valence-corrected chi connectivity index (χ3v) is 4.92. The van der Waals surface area contributed by atoms with Crippen LogP contribution in [0.4, 0.5) is 0 Å². The van der Waals surface area contributed by atoms with E-state index in [4.69, 9.17) is 14.2 Å². The fraction of sp³-hybridized carbons (Fsp3) is 0.269. The highest BCUT2D eigenvalue weighted by atomic mass is 16.5. The summed E-state index contributed by atoms with van der Waals surface area (Å²) in [6.07, 6.45) is 3.48. The van der Waals surface area contributed by atoms with Gasteiger partial charge in [0.1, 0.15) is 6.61 Å². The van der Waals surface area contributed by atoms with E-state index in [0.717, 1.165) is 11.1 Å².